The van der Waals surface area contributed by atoms with E-state index in [9.17, 15) is 5.11 Å². The normalized spacial score (nSPS) is 11.3. The first-order chi connectivity index (χ1) is 13.5. The largest absolute Gasteiger partial charge is 0.507 e. The standard InChI is InChI=1S/C23H21Cl4NO.ClH/c1-23(2,3)28-12-16-8-15(13-4-6-18(24)20(26)10-13)9-17(22(16)29)14-5-7-19(25)21(27)11-14;/h4-11,28-29H,12H2,1-3H3;1H. The Labute approximate surface area is 203 Å². The van der Waals surface area contributed by atoms with Crippen LogP contribution in [0.5, 0.6) is 5.75 Å². The van der Waals surface area contributed by atoms with Gasteiger partial charge in [-0.3, -0.25) is 0 Å². The van der Waals surface area contributed by atoms with Gasteiger partial charge in [-0.1, -0.05) is 58.5 Å². The average Bonchev–Trinajstić information content (AvgIpc) is 2.65. The Morgan fingerprint density at radius 3 is 1.80 bits per heavy atom. The van der Waals surface area contributed by atoms with E-state index in [1.54, 1.807) is 18.2 Å². The molecule has 0 aliphatic heterocycles. The Morgan fingerprint density at radius 1 is 0.733 bits per heavy atom. The molecule has 30 heavy (non-hydrogen) atoms. The molecule has 0 amide bonds. The second-order valence-electron chi connectivity index (χ2n) is 7.89. The lowest BCUT2D eigenvalue weighted by Crippen LogP contribution is -2.35. The average molecular weight is 506 g/mol. The van der Waals surface area contributed by atoms with Gasteiger partial charge in [0.1, 0.15) is 5.75 Å². The quantitative estimate of drug-likeness (QED) is 0.372. The monoisotopic (exact) mass is 503 g/mol. The van der Waals surface area contributed by atoms with Gasteiger partial charge in [-0.15, -0.1) is 12.4 Å². The highest BCUT2D eigenvalue weighted by Gasteiger charge is 2.17. The van der Waals surface area contributed by atoms with Gasteiger partial charge < -0.3 is 10.4 Å². The number of benzene rings is 3. The van der Waals surface area contributed by atoms with Crippen molar-refractivity contribution in [3.8, 4) is 28.0 Å². The van der Waals surface area contributed by atoms with Gasteiger partial charge >= 0.3 is 0 Å². The lowest BCUT2D eigenvalue weighted by Gasteiger charge is -2.22. The molecule has 3 rings (SSSR count). The fourth-order valence-corrected chi connectivity index (χ4v) is 3.51. The third kappa shape index (κ3) is 5.97. The van der Waals surface area contributed by atoms with Gasteiger partial charge in [0.2, 0.25) is 0 Å². The molecular weight excluding hydrogens is 484 g/mol. The molecule has 3 aromatic rings. The van der Waals surface area contributed by atoms with E-state index < -0.39 is 0 Å². The number of aromatic hydroxyl groups is 1. The van der Waals surface area contributed by atoms with Crippen LogP contribution in [-0.2, 0) is 6.54 Å². The molecule has 0 aromatic heterocycles. The van der Waals surface area contributed by atoms with Crippen LogP contribution in [0.3, 0.4) is 0 Å². The Hall–Kier alpha value is -1.13. The summed E-state index contributed by atoms with van der Waals surface area (Å²) in [5.41, 5.74) is 3.92. The molecule has 0 heterocycles. The minimum atomic E-state index is -0.101. The van der Waals surface area contributed by atoms with Gasteiger partial charge in [0.25, 0.3) is 0 Å². The molecule has 0 saturated carbocycles. The summed E-state index contributed by atoms with van der Waals surface area (Å²) in [4.78, 5) is 0. The first-order valence-electron chi connectivity index (χ1n) is 9.07. The van der Waals surface area contributed by atoms with Crippen LogP contribution in [0, 0.1) is 0 Å². The van der Waals surface area contributed by atoms with Crippen molar-refractivity contribution < 1.29 is 5.11 Å². The lowest BCUT2D eigenvalue weighted by atomic mass is 9.94. The van der Waals surface area contributed by atoms with E-state index in [0.29, 0.717) is 32.2 Å². The van der Waals surface area contributed by atoms with Crippen molar-refractivity contribution in [1.82, 2.24) is 5.32 Å². The van der Waals surface area contributed by atoms with Crippen LogP contribution in [0.15, 0.2) is 48.5 Å². The van der Waals surface area contributed by atoms with Crippen molar-refractivity contribution in [1.29, 1.82) is 0 Å². The number of halogens is 5. The molecule has 0 radical (unpaired) electrons. The highest BCUT2D eigenvalue weighted by Crippen LogP contribution is 2.40. The van der Waals surface area contributed by atoms with Crippen LogP contribution in [0.2, 0.25) is 20.1 Å². The van der Waals surface area contributed by atoms with E-state index in [0.717, 1.165) is 22.3 Å². The lowest BCUT2D eigenvalue weighted by molar-refractivity contribution is 0.412. The van der Waals surface area contributed by atoms with Gasteiger partial charge in [0, 0.05) is 23.2 Å². The zero-order chi connectivity index (χ0) is 21.3. The summed E-state index contributed by atoms with van der Waals surface area (Å²) >= 11 is 24.6. The maximum absolute atomic E-state index is 11.0. The Balaban J connectivity index is 0.00000320. The number of rotatable bonds is 4. The summed E-state index contributed by atoms with van der Waals surface area (Å²) in [5.74, 6) is 0.198. The molecule has 0 aliphatic carbocycles. The smallest absolute Gasteiger partial charge is 0.127 e. The Bertz CT molecular complexity index is 1060. The molecule has 3 aromatic carbocycles. The molecule has 0 unspecified atom stereocenters. The topological polar surface area (TPSA) is 32.3 Å². The predicted molar refractivity (Wildman–Crippen MR) is 133 cm³/mol. The maximum atomic E-state index is 11.0. The van der Waals surface area contributed by atoms with Crippen LogP contribution in [-0.4, -0.2) is 10.6 Å². The van der Waals surface area contributed by atoms with Crippen LogP contribution in [0.4, 0.5) is 0 Å². The predicted octanol–water partition coefficient (Wildman–Crippen LogP) is 8.65. The second kappa shape index (κ2) is 9.99. The van der Waals surface area contributed by atoms with Crippen LogP contribution < -0.4 is 5.32 Å². The molecule has 0 fully saturated rings. The van der Waals surface area contributed by atoms with Crippen molar-refractivity contribution in [2.45, 2.75) is 32.9 Å². The van der Waals surface area contributed by atoms with Crippen molar-refractivity contribution in [2.75, 3.05) is 0 Å². The van der Waals surface area contributed by atoms with Gasteiger partial charge in [0.05, 0.1) is 20.1 Å². The molecule has 0 spiro atoms. The van der Waals surface area contributed by atoms with E-state index >= 15 is 0 Å². The summed E-state index contributed by atoms with van der Waals surface area (Å²) in [6.07, 6.45) is 0. The van der Waals surface area contributed by atoms with Gasteiger partial charge in [0.15, 0.2) is 0 Å². The van der Waals surface area contributed by atoms with E-state index in [-0.39, 0.29) is 23.7 Å². The van der Waals surface area contributed by atoms with E-state index in [1.807, 2.05) is 30.3 Å². The maximum Gasteiger partial charge on any atom is 0.127 e. The summed E-state index contributed by atoms with van der Waals surface area (Å²) in [5, 5.41) is 16.3. The van der Waals surface area contributed by atoms with Gasteiger partial charge in [-0.05, 0) is 73.9 Å². The molecular formula is C23H22Cl5NO. The molecule has 160 valence electrons. The summed E-state index contributed by atoms with van der Waals surface area (Å²) in [7, 11) is 0. The fourth-order valence-electron chi connectivity index (χ4n) is 2.92. The van der Waals surface area contributed by atoms with E-state index in [1.165, 1.54) is 0 Å². The zero-order valence-corrected chi connectivity index (χ0v) is 20.5. The Kier molecular flexibility index (Phi) is 8.37. The van der Waals surface area contributed by atoms with E-state index in [4.69, 9.17) is 46.4 Å². The number of hydrogen-bond donors (Lipinski definition) is 2. The number of nitrogens with one attached hydrogen (secondary N) is 1. The number of phenols is 1. The van der Waals surface area contributed by atoms with Crippen LogP contribution in [0.1, 0.15) is 26.3 Å². The first-order valence-corrected chi connectivity index (χ1v) is 10.6. The summed E-state index contributed by atoms with van der Waals surface area (Å²) in [6, 6.07) is 14.6. The first kappa shape index (κ1) is 25.1. The SMILES string of the molecule is CC(C)(C)NCc1cc(-c2ccc(Cl)c(Cl)c2)cc(-c2ccc(Cl)c(Cl)c2)c1O.Cl. The van der Waals surface area contributed by atoms with Crippen LogP contribution >= 0.6 is 58.8 Å². The number of phenolic OH excluding ortho intramolecular Hbond substituents is 1. The Morgan fingerprint density at radius 2 is 1.27 bits per heavy atom. The number of hydrogen-bond acceptors (Lipinski definition) is 2. The fraction of sp³-hybridized carbons (Fsp3) is 0.217. The second-order valence-corrected chi connectivity index (χ2v) is 9.52. The van der Waals surface area contributed by atoms with Crippen LogP contribution in [0.25, 0.3) is 22.3 Å². The molecule has 2 N–H and O–H groups in total. The highest BCUT2D eigenvalue weighted by molar-refractivity contribution is 6.42. The molecule has 0 atom stereocenters. The van der Waals surface area contributed by atoms with E-state index in [2.05, 4.69) is 26.1 Å². The molecule has 2 nitrogen and oxygen atoms in total. The summed E-state index contributed by atoms with van der Waals surface area (Å²) in [6.45, 7) is 6.73. The highest BCUT2D eigenvalue weighted by atomic mass is 35.5. The van der Waals surface area contributed by atoms with Crippen molar-refractivity contribution >= 4 is 58.8 Å². The molecule has 0 bridgehead atoms. The molecule has 0 saturated heterocycles. The zero-order valence-electron chi connectivity index (χ0n) is 16.7. The molecule has 0 aliphatic rings. The van der Waals surface area contributed by atoms with Gasteiger partial charge in [-0.25, -0.2) is 0 Å². The minimum Gasteiger partial charge on any atom is -0.507 e. The van der Waals surface area contributed by atoms with Crippen molar-refractivity contribution in [3.05, 3.63) is 74.2 Å². The third-order valence-corrected chi connectivity index (χ3v) is 5.96. The minimum absolute atomic E-state index is 0. The van der Waals surface area contributed by atoms with Gasteiger partial charge in [-0.2, -0.15) is 0 Å². The summed E-state index contributed by atoms with van der Waals surface area (Å²) < 4.78 is 0. The third-order valence-electron chi connectivity index (χ3n) is 4.48. The van der Waals surface area contributed by atoms with Crippen molar-refractivity contribution in [3.63, 3.8) is 0 Å². The molecule has 7 heteroatoms. The van der Waals surface area contributed by atoms with Crippen molar-refractivity contribution in [2.24, 2.45) is 0 Å².